The Hall–Kier alpha value is -1.75. The third-order valence-electron chi connectivity index (χ3n) is 6.51. The van der Waals surface area contributed by atoms with E-state index in [1.165, 1.54) is 29.4 Å². The van der Waals surface area contributed by atoms with Gasteiger partial charge in [0.2, 0.25) is 0 Å². The monoisotopic (exact) mass is 446 g/mol. The van der Waals surface area contributed by atoms with Crippen LogP contribution in [0.3, 0.4) is 0 Å². The van der Waals surface area contributed by atoms with Crippen molar-refractivity contribution in [2.45, 2.75) is 32.7 Å². The molecule has 2 aliphatic heterocycles. The average molecular weight is 447 g/mol. The molecule has 2 heterocycles. The number of benzene rings is 2. The molecule has 2 aromatic rings. The number of ether oxygens (including phenoxy) is 1. The van der Waals surface area contributed by atoms with Crippen molar-refractivity contribution < 1.29 is 9.53 Å². The van der Waals surface area contributed by atoms with Crippen LogP contribution in [0.15, 0.2) is 30.3 Å². The molecule has 0 N–H and O–H groups in total. The Bertz CT molecular complexity index is 913. The molecule has 0 amide bonds. The molecule has 0 spiro atoms. The van der Waals surface area contributed by atoms with Crippen molar-refractivity contribution in [2.24, 2.45) is 5.92 Å². The van der Waals surface area contributed by atoms with Gasteiger partial charge in [-0.05, 0) is 61.2 Å². The van der Waals surface area contributed by atoms with E-state index in [0.717, 1.165) is 44.8 Å². The number of nitrogens with zero attached hydrogens (tertiary/aromatic N) is 2. The first-order chi connectivity index (χ1) is 14.4. The van der Waals surface area contributed by atoms with Crippen LogP contribution in [0.5, 0.6) is 0 Å². The van der Waals surface area contributed by atoms with E-state index in [4.69, 9.17) is 27.9 Å². The SMILES string of the molecule is COC(=O)C1CCN(Cc2c(C)cc(C3CN(c4c(Cl)cccc4Cl)C3)cc2C)C1. The molecule has 0 radical (unpaired) electrons. The number of rotatable bonds is 5. The minimum atomic E-state index is -0.0885. The molecule has 2 aliphatic rings. The Balaban J connectivity index is 1.42. The maximum atomic E-state index is 11.8. The summed E-state index contributed by atoms with van der Waals surface area (Å²) in [5.74, 6) is 0.404. The number of likely N-dealkylation sites (tertiary alicyclic amines) is 1. The molecule has 0 aliphatic carbocycles. The van der Waals surface area contributed by atoms with Crippen LogP contribution in [-0.4, -0.2) is 44.2 Å². The first-order valence-corrected chi connectivity index (χ1v) is 11.2. The van der Waals surface area contributed by atoms with Gasteiger partial charge in [-0.3, -0.25) is 9.69 Å². The number of esters is 1. The minimum Gasteiger partial charge on any atom is -0.469 e. The van der Waals surface area contributed by atoms with Crippen LogP contribution >= 0.6 is 23.2 Å². The smallest absolute Gasteiger partial charge is 0.310 e. The third kappa shape index (κ3) is 4.18. The lowest BCUT2D eigenvalue weighted by Gasteiger charge is -2.42. The highest BCUT2D eigenvalue weighted by atomic mass is 35.5. The summed E-state index contributed by atoms with van der Waals surface area (Å²) in [6, 6.07) is 10.3. The van der Waals surface area contributed by atoms with Crippen LogP contribution in [-0.2, 0) is 16.1 Å². The van der Waals surface area contributed by atoms with Crippen molar-refractivity contribution in [3.05, 3.63) is 62.6 Å². The first kappa shape index (κ1) is 21.5. The summed E-state index contributed by atoms with van der Waals surface area (Å²) in [4.78, 5) is 16.4. The lowest BCUT2D eigenvalue weighted by molar-refractivity contribution is -0.144. The Morgan fingerprint density at radius 1 is 1.10 bits per heavy atom. The van der Waals surface area contributed by atoms with Crippen LogP contribution in [0.1, 0.15) is 34.6 Å². The van der Waals surface area contributed by atoms with E-state index in [1.54, 1.807) is 0 Å². The number of methoxy groups -OCH3 is 1. The molecule has 0 bridgehead atoms. The molecular weight excluding hydrogens is 419 g/mol. The summed E-state index contributed by atoms with van der Waals surface area (Å²) in [6.07, 6.45) is 0.880. The number of para-hydroxylation sites is 1. The van der Waals surface area contributed by atoms with E-state index in [2.05, 4.69) is 35.8 Å². The number of hydrogen-bond donors (Lipinski definition) is 0. The zero-order valence-electron chi connectivity index (χ0n) is 17.8. The highest BCUT2D eigenvalue weighted by Gasteiger charge is 2.32. The van der Waals surface area contributed by atoms with E-state index in [0.29, 0.717) is 16.0 Å². The van der Waals surface area contributed by atoms with Crippen LogP contribution < -0.4 is 4.90 Å². The van der Waals surface area contributed by atoms with Crippen LogP contribution in [0.4, 0.5) is 5.69 Å². The fourth-order valence-electron chi connectivity index (χ4n) is 4.73. The van der Waals surface area contributed by atoms with Gasteiger partial charge in [0.05, 0.1) is 28.8 Å². The molecule has 1 unspecified atom stereocenters. The van der Waals surface area contributed by atoms with E-state index < -0.39 is 0 Å². The zero-order chi connectivity index (χ0) is 21.4. The molecule has 160 valence electrons. The maximum Gasteiger partial charge on any atom is 0.310 e. The van der Waals surface area contributed by atoms with E-state index >= 15 is 0 Å². The molecule has 0 saturated carbocycles. The van der Waals surface area contributed by atoms with E-state index in [-0.39, 0.29) is 11.9 Å². The molecule has 0 aromatic heterocycles. The lowest BCUT2D eigenvalue weighted by Crippen LogP contribution is -2.45. The Morgan fingerprint density at radius 3 is 2.33 bits per heavy atom. The number of hydrogen-bond acceptors (Lipinski definition) is 4. The molecule has 4 rings (SSSR count). The van der Waals surface area contributed by atoms with Gasteiger partial charge in [-0.1, -0.05) is 41.4 Å². The van der Waals surface area contributed by atoms with Gasteiger partial charge in [-0.15, -0.1) is 0 Å². The van der Waals surface area contributed by atoms with Crippen LogP contribution in [0.2, 0.25) is 10.0 Å². The number of halogens is 2. The first-order valence-electron chi connectivity index (χ1n) is 10.5. The molecule has 1 atom stereocenters. The lowest BCUT2D eigenvalue weighted by atomic mass is 9.87. The molecule has 2 aromatic carbocycles. The second-order valence-electron chi connectivity index (χ2n) is 8.55. The van der Waals surface area contributed by atoms with Gasteiger partial charge < -0.3 is 9.64 Å². The normalized spacial score (nSPS) is 19.8. The third-order valence-corrected chi connectivity index (χ3v) is 7.12. The van der Waals surface area contributed by atoms with Crippen molar-refractivity contribution in [1.82, 2.24) is 4.90 Å². The standard InChI is InChI=1S/C24H28Cl2N2O2/c1-15-9-18(19-12-28(13-19)23-21(25)5-4-6-22(23)26)10-16(2)20(15)14-27-8-7-17(11-27)24(29)30-3/h4-6,9-10,17,19H,7-8,11-14H2,1-3H3. The van der Waals surface area contributed by atoms with Gasteiger partial charge in [0.1, 0.15) is 0 Å². The summed E-state index contributed by atoms with van der Waals surface area (Å²) in [5.41, 5.74) is 6.33. The summed E-state index contributed by atoms with van der Waals surface area (Å²) in [5, 5.41) is 1.42. The second-order valence-corrected chi connectivity index (χ2v) is 9.36. The Kier molecular flexibility index (Phi) is 6.29. The molecule has 2 fully saturated rings. The van der Waals surface area contributed by atoms with Gasteiger partial charge in [0.15, 0.2) is 0 Å². The maximum absolute atomic E-state index is 11.8. The second kappa shape index (κ2) is 8.78. The van der Waals surface area contributed by atoms with Crippen molar-refractivity contribution in [3.8, 4) is 0 Å². The van der Waals surface area contributed by atoms with Crippen molar-refractivity contribution >= 4 is 34.9 Å². The van der Waals surface area contributed by atoms with Gasteiger partial charge in [-0.2, -0.15) is 0 Å². The minimum absolute atomic E-state index is 0.00693. The molecule has 4 nitrogen and oxygen atoms in total. The predicted molar refractivity (Wildman–Crippen MR) is 123 cm³/mol. The highest BCUT2D eigenvalue weighted by Crippen LogP contribution is 2.40. The van der Waals surface area contributed by atoms with Crippen molar-refractivity contribution in [2.75, 3.05) is 38.2 Å². The zero-order valence-corrected chi connectivity index (χ0v) is 19.3. The van der Waals surface area contributed by atoms with Crippen molar-refractivity contribution in [3.63, 3.8) is 0 Å². The largest absolute Gasteiger partial charge is 0.469 e. The van der Waals surface area contributed by atoms with Gasteiger partial charge >= 0.3 is 5.97 Å². The summed E-state index contributed by atoms with van der Waals surface area (Å²) < 4.78 is 4.91. The Labute approximate surface area is 188 Å². The number of aryl methyl sites for hydroxylation is 2. The average Bonchev–Trinajstić information content (AvgIpc) is 3.14. The highest BCUT2D eigenvalue weighted by molar-refractivity contribution is 6.39. The van der Waals surface area contributed by atoms with Gasteiger partial charge in [0.25, 0.3) is 0 Å². The predicted octanol–water partition coefficient (Wildman–Crippen LogP) is 5.21. The van der Waals surface area contributed by atoms with E-state index in [1.807, 2.05) is 18.2 Å². The number of carbonyl (C=O) groups excluding carboxylic acids is 1. The fraction of sp³-hybridized carbons (Fsp3) is 0.458. The molecular formula is C24H28Cl2N2O2. The summed E-state index contributed by atoms with van der Waals surface area (Å²) in [7, 11) is 1.47. The van der Waals surface area contributed by atoms with Crippen molar-refractivity contribution in [1.29, 1.82) is 0 Å². The topological polar surface area (TPSA) is 32.8 Å². The molecule has 6 heteroatoms. The summed E-state index contributed by atoms with van der Waals surface area (Å²) >= 11 is 12.7. The van der Waals surface area contributed by atoms with Crippen LogP contribution in [0.25, 0.3) is 0 Å². The fourth-order valence-corrected chi connectivity index (χ4v) is 5.37. The molecule has 30 heavy (non-hydrogen) atoms. The van der Waals surface area contributed by atoms with Gasteiger partial charge in [0, 0.05) is 32.1 Å². The quantitative estimate of drug-likeness (QED) is 0.590. The van der Waals surface area contributed by atoms with E-state index in [9.17, 15) is 4.79 Å². The summed E-state index contributed by atoms with van der Waals surface area (Å²) in [6.45, 7) is 8.85. The van der Waals surface area contributed by atoms with Gasteiger partial charge in [-0.25, -0.2) is 0 Å². The van der Waals surface area contributed by atoms with Crippen LogP contribution in [0, 0.1) is 19.8 Å². The number of anilines is 1. The molecule has 2 saturated heterocycles. The number of carbonyl (C=O) groups is 1. The Morgan fingerprint density at radius 2 is 1.73 bits per heavy atom.